The summed E-state index contributed by atoms with van der Waals surface area (Å²) in [5.41, 5.74) is 0. The highest BCUT2D eigenvalue weighted by Crippen LogP contribution is 2.43. The first-order chi connectivity index (χ1) is 28.3. The molecule has 58 heavy (non-hydrogen) atoms. The van der Waals surface area contributed by atoms with E-state index < -0.39 is 45.8 Å². The molecule has 3 atom stereocenters. The van der Waals surface area contributed by atoms with Crippen LogP contribution in [-0.2, 0) is 27.9 Å². The maximum Gasteiger partial charge on any atom is 0.472 e. The molecule has 0 aromatic rings. The minimum absolute atomic E-state index is 0.00862. The molecule has 0 aromatic heterocycles. The minimum Gasteiger partial charge on any atom is -0.457 e. The lowest BCUT2D eigenvalue weighted by molar-refractivity contribution is -0.154. The zero-order valence-electron chi connectivity index (χ0n) is 36.7. The van der Waals surface area contributed by atoms with Crippen LogP contribution in [0.2, 0.25) is 0 Å². The van der Waals surface area contributed by atoms with E-state index >= 15 is 0 Å². The maximum absolute atomic E-state index is 12.6. The number of carbonyl (C=O) groups excluding carboxylic acids is 1. The lowest BCUT2D eigenvalue weighted by Gasteiger charge is -2.20. The summed E-state index contributed by atoms with van der Waals surface area (Å²) in [6, 6.07) is 0. The first kappa shape index (κ1) is 55.9. The Kier molecular flexibility index (Phi) is 42.8. The van der Waals surface area contributed by atoms with Crippen molar-refractivity contribution >= 4 is 13.8 Å². The van der Waals surface area contributed by atoms with Gasteiger partial charge in [0.1, 0.15) is 12.2 Å². The van der Waals surface area contributed by atoms with Crippen LogP contribution < -0.4 is 0 Å². The van der Waals surface area contributed by atoms with Crippen LogP contribution in [0.3, 0.4) is 0 Å². The van der Waals surface area contributed by atoms with Gasteiger partial charge in [-0.05, 0) is 70.6 Å². The second-order valence-corrected chi connectivity index (χ2v) is 16.5. The highest BCUT2D eigenvalue weighted by Gasteiger charge is 2.26. The molecule has 0 bridgehead atoms. The van der Waals surface area contributed by atoms with E-state index in [9.17, 15) is 19.4 Å². The standard InChI is InChI=1S/C48H85O9P/c1-3-5-7-9-11-13-15-17-19-21-22-23-24-25-26-28-30-32-34-36-38-40-48(51)57-47(45-56-58(52,53)55-43-46(50)42-49)44-54-41-39-37-35-33-31-29-27-20-18-16-14-12-10-8-6-4-2/h6,8,12,14,18,20-22,29,31,35,37,46-47,49-50H,3-5,7,9-11,13,15-17,19,23-28,30,32-34,36,38-45H2,1-2H3,(H,52,53)/b8-6-,14-12-,20-18-,22-21-,31-29-,37-35-. The number of aliphatic hydroxyl groups is 2. The number of aliphatic hydroxyl groups excluding tert-OH is 2. The summed E-state index contributed by atoms with van der Waals surface area (Å²) >= 11 is 0. The Balaban J connectivity index is 4.23. The first-order valence-corrected chi connectivity index (χ1v) is 24.4. The molecule has 0 amide bonds. The Morgan fingerprint density at radius 2 is 0.983 bits per heavy atom. The average Bonchev–Trinajstić information content (AvgIpc) is 3.21. The zero-order chi connectivity index (χ0) is 42.5. The van der Waals surface area contributed by atoms with Gasteiger partial charge in [-0.1, -0.05) is 177 Å². The Morgan fingerprint density at radius 1 is 0.552 bits per heavy atom. The van der Waals surface area contributed by atoms with Gasteiger partial charge in [-0.3, -0.25) is 13.8 Å². The molecule has 0 saturated carbocycles. The van der Waals surface area contributed by atoms with Crippen molar-refractivity contribution in [2.75, 3.05) is 33.0 Å². The molecule has 3 N–H and O–H groups in total. The van der Waals surface area contributed by atoms with Crippen LogP contribution in [0.25, 0.3) is 0 Å². The number of phosphoric acid groups is 1. The van der Waals surface area contributed by atoms with E-state index in [1.165, 1.54) is 96.3 Å². The van der Waals surface area contributed by atoms with Crippen molar-refractivity contribution in [3.63, 3.8) is 0 Å². The van der Waals surface area contributed by atoms with Crippen molar-refractivity contribution in [2.24, 2.45) is 0 Å². The molecule has 0 aliphatic rings. The topological polar surface area (TPSA) is 132 Å². The number of carbonyl (C=O) groups is 1. The van der Waals surface area contributed by atoms with E-state index in [1.54, 1.807) is 0 Å². The van der Waals surface area contributed by atoms with Gasteiger partial charge >= 0.3 is 13.8 Å². The summed E-state index contributed by atoms with van der Waals surface area (Å²) < 4.78 is 33.3. The molecule has 0 spiro atoms. The number of unbranched alkanes of at least 4 members (excludes halogenated alkanes) is 17. The van der Waals surface area contributed by atoms with Crippen LogP contribution in [0.5, 0.6) is 0 Å². The summed E-state index contributed by atoms with van der Waals surface area (Å²) in [6.07, 6.45) is 53.2. The lowest BCUT2D eigenvalue weighted by Crippen LogP contribution is -2.29. The van der Waals surface area contributed by atoms with Gasteiger partial charge in [0.15, 0.2) is 0 Å². The van der Waals surface area contributed by atoms with Gasteiger partial charge in [0.25, 0.3) is 0 Å². The monoisotopic (exact) mass is 837 g/mol. The molecule has 0 radical (unpaired) electrons. The fourth-order valence-electron chi connectivity index (χ4n) is 5.94. The van der Waals surface area contributed by atoms with E-state index in [0.29, 0.717) is 19.4 Å². The van der Waals surface area contributed by atoms with Crippen molar-refractivity contribution < 1.29 is 43.0 Å². The molecule has 336 valence electrons. The van der Waals surface area contributed by atoms with E-state index in [0.717, 1.165) is 51.4 Å². The summed E-state index contributed by atoms with van der Waals surface area (Å²) in [5, 5.41) is 18.4. The SMILES string of the molecule is CC/C=C\C/C=C\C/C=C\C/C=C\C/C=C\CCOCC(COP(=O)(O)OCC(O)CO)OC(=O)CCCCCCCCCCC/C=C\CCCCCCCCCC. The first-order valence-electron chi connectivity index (χ1n) is 22.9. The number of esters is 1. The van der Waals surface area contributed by atoms with Crippen molar-refractivity contribution in [2.45, 2.75) is 193 Å². The fraction of sp³-hybridized carbons (Fsp3) is 0.729. The van der Waals surface area contributed by atoms with E-state index in [2.05, 4.69) is 80.7 Å². The number of hydrogen-bond donors (Lipinski definition) is 3. The molecule has 0 heterocycles. The highest BCUT2D eigenvalue weighted by atomic mass is 31.2. The third-order valence-corrected chi connectivity index (χ3v) is 10.3. The van der Waals surface area contributed by atoms with Crippen molar-refractivity contribution in [3.05, 3.63) is 72.9 Å². The third kappa shape index (κ3) is 43.5. The summed E-state index contributed by atoms with van der Waals surface area (Å²) in [4.78, 5) is 22.6. The molecule has 0 aliphatic carbocycles. The van der Waals surface area contributed by atoms with Crippen molar-refractivity contribution in [1.82, 2.24) is 0 Å². The summed E-state index contributed by atoms with van der Waals surface area (Å²) in [6.45, 7) is 3.17. The lowest BCUT2D eigenvalue weighted by atomic mass is 10.1. The second-order valence-electron chi connectivity index (χ2n) is 15.0. The predicted molar refractivity (Wildman–Crippen MR) is 242 cm³/mol. The van der Waals surface area contributed by atoms with Crippen molar-refractivity contribution in [3.8, 4) is 0 Å². The number of ether oxygens (including phenoxy) is 2. The minimum atomic E-state index is -4.54. The van der Waals surface area contributed by atoms with E-state index in [1.807, 2.05) is 6.08 Å². The van der Waals surface area contributed by atoms with Gasteiger partial charge in [-0.15, -0.1) is 0 Å². The Hall–Kier alpha value is -2.10. The number of allylic oxidation sites excluding steroid dienone is 11. The molecular weight excluding hydrogens is 751 g/mol. The highest BCUT2D eigenvalue weighted by molar-refractivity contribution is 7.47. The van der Waals surface area contributed by atoms with Gasteiger partial charge in [-0.25, -0.2) is 4.57 Å². The van der Waals surface area contributed by atoms with Gasteiger partial charge in [0.2, 0.25) is 0 Å². The predicted octanol–water partition coefficient (Wildman–Crippen LogP) is 12.9. The van der Waals surface area contributed by atoms with Crippen LogP contribution in [0.15, 0.2) is 72.9 Å². The van der Waals surface area contributed by atoms with E-state index in [-0.39, 0.29) is 13.0 Å². The molecule has 9 nitrogen and oxygen atoms in total. The Bertz CT molecular complexity index is 1130. The van der Waals surface area contributed by atoms with Crippen LogP contribution in [-0.4, -0.2) is 66.3 Å². The molecule has 0 aliphatic heterocycles. The quantitative estimate of drug-likeness (QED) is 0.0238. The Morgan fingerprint density at radius 3 is 1.48 bits per heavy atom. The number of phosphoric ester groups is 1. The Labute approximate surface area is 354 Å². The molecule has 0 aromatic carbocycles. The van der Waals surface area contributed by atoms with Crippen LogP contribution >= 0.6 is 7.82 Å². The van der Waals surface area contributed by atoms with Crippen molar-refractivity contribution in [1.29, 1.82) is 0 Å². The normalized spacial score (nSPS) is 14.6. The maximum atomic E-state index is 12.6. The average molecular weight is 837 g/mol. The van der Waals surface area contributed by atoms with Gasteiger partial charge in [0.05, 0.1) is 33.0 Å². The van der Waals surface area contributed by atoms with Gasteiger partial charge in [-0.2, -0.15) is 0 Å². The van der Waals surface area contributed by atoms with Gasteiger partial charge in [0, 0.05) is 6.42 Å². The smallest absolute Gasteiger partial charge is 0.457 e. The molecule has 0 rings (SSSR count). The number of hydrogen-bond acceptors (Lipinski definition) is 8. The van der Waals surface area contributed by atoms with E-state index in [4.69, 9.17) is 23.6 Å². The fourth-order valence-corrected chi connectivity index (χ4v) is 6.73. The summed E-state index contributed by atoms with van der Waals surface area (Å²) in [5.74, 6) is -0.411. The molecule has 0 saturated heterocycles. The summed E-state index contributed by atoms with van der Waals surface area (Å²) in [7, 11) is -4.54. The van der Waals surface area contributed by atoms with Crippen LogP contribution in [0.1, 0.15) is 181 Å². The molecule has 3 unspecified atom stereocenters. The zero-order valence-corrected chi connectivity index (χ0v) is 37.6. The number of rotatable bonds is 43. The largest absolute Gasteiger partial charge is 0.472 e. The molecule has 10 heteroatoms. The molecular formula is C48H85O9P. The van der Waals surface area contributed by atoms with Gasteiger partial charge < -0.3 is 24.6 Å². The second kappa shape index (κ2) is 44.5. The van der Waals surface area contributed by atoms with Crippen LogP contribution in [0, 0.1) is 0 Å². The third-order valence-electron chi connectivity index (χ3n) is 9.40. The van der Waals surface area contributed by atoms with Crippen LogP contribution in [0.4, 0.5) is 0 Å². The molecule has 0 fully saturated rings.